The van der Waals surface area contributed by atoms with Crippen LogP contribution < -0.4 is 0 Å². The van der Waals surface area contributed by atoms with E-state index in [0.29, 0.717) is 23.3 Å². The van der Waals surface area contributed by atoms with Gasteiger partial charge in [0.15, 0.2) is 0 Å². The van der Waals surface area contributed by atoms with Crippen LogP contribution in [0.1, 0.15) is 51.6 Å². The monoisotopic (exact) mass is 380 g/mol. The summed E-state index contributed by atoms with van der Waals surface area (Å²) in [4.78, 5) is 19.6. The highest BCUT2D eigenvalue weighted by atomic mass is 32.1. The maximum atomic E-state index is 12.8. The molecule has 0 unspecified atom stereocenters. The Labute approximate surface area is 163 Å². The topological polar surface area (TPSA) is 46.3 Å². The second kappa shape index (κ2) is 6.97. The first-order chi connectivity index (χ1) is 12.9. The average molecular weight is 381 g/mol. The van der Waals surface area contributed by atoms with Crippen LogP contribution >= 0.6 is 11.3 Å². The first-order valence-corrected chi connectivity index (χ1v) is 10.1. The molecule has 0 radical (unpaired) electrons. The molecule has 0 N–H and O–H groups in total. The molecule has 4 nitrogen and oxygen atoms in total. The van der Waals surface area contributed by atoms with E-state index < -0.39 is 0 Å². The molecule has 2 atom stereocenters. The number of carbonyl (C=O) groups is 1. The van der Waals surface area contributed by atoms with Gasteiger partial charge in [-0.3, -0.25) is 4.79 Å². The molecule has 1 amide bonds. The number of hydrogen-bond donors (Lipinski definition) is 0. The van der Waals surface area contributed by atoms with Gasteiger partial charge in [-0.05, 0) is 43.9 Å². The predicted octanol–water partition coefficient (Wildman–Crippen LogP) is 5.42. The van der Waals surface area contributed by atoms with E-state index in [1.165, 1.54) is 28.9 Å². The predicted molar refractivity (Wildman–Crippen MR) is 108 cm³/mol. The van der Waals surface area contributed by atoms with Gasteiger partial charge in [0.05, 0.1) is 12.7 Å². The molecule has 1 aliphatic rings. The Morgan fingerprint density at radius 3 is 2.78 bits per heavy atom. The van der Waals surface area contributed by atoms with E-state index in [1.807, 2.05) is 12.1 Å². The van der Waals surface area contributed by atoms with Gasteiger partial charge in [0, 0.05) is 18.5 Å². The summed E-state index contributed by atoms with van der Waals surface area (Å²) in [6.07, 6.45) is 2.88. The third-order valence-corrected chi connectivity index (χ3v) is 6.24. The average Bonchev–Trinajstić information content (AvgIpc) is 3.03. The summed E-state index contributed by atoms with van der Waals surface area (Å²) < 4.78 is 5.93. The lowest BCUT2D eigenvalue weighted by Gasteiger charge is -2.14. The van der Waals surface area contributed by atoms with Crippen LogP contribution in [0.25, 0.3) is 10.6 Å². The highest BCUT2D eigenvalue weighted by Crippen LogP contribution is 2.47. The van der Waals surface area contributed by atoms with Crippen LogP contribution in [0.5, 0.6) is 0 Å². The first-order valence-electron chi connectivity index (χ1n) is 9.30. The molecule has 0 saturated heterocycles. The van der Waals surface area contributed by atoms with Gasteiger partial charge < -0.3 is 9.32 Å². The van der Waals surface area contributed by atoms with E-state index in [-0.39, 0.29) is 5.91 Å². The molecule has 2 heterocycles. The normalized spacial score (nSPS) is 18.5. The van der Waals surface area contributed by atoms with Crippen molar-refractivity contribution in [3.8, 4) is 10.6 Å². The summed E-state index contributed by atoms with van der Waals surface area (Å²) in [5.41, 5.74) is 3.48. The number of amides is 1. The van der Waals surface area contributed by atoms with E-state index in [0.717, 1.165) is 22.1 Å². The van der Waals surface area contributed by atoms with Crippen molar-refractivity contribution in [2.75, 3.05) is 7.05 Å². The van der Waals surface area contributed by atoms with Crippen molar-refractivity contribution in [2.24, 2.45) is 5.92 Å². The molecule has 5 heteroatoms. The summed E-state index contributed by atoms with van der Waals surface area (Å²) in [6, 6.07) is 10.3. The smallest absolute Gasteiger partial charge is 0.265 e. The van der Waals surface area contributed by atoms with Gasteiger partial charge in [0.2, 0.25) is 0 Å². The van der Waals surface area contributed by atoms with Crippen LogP contribution in [0.4, 0.5) is 0 Å². The van der Waals surface area contributed by atoms with Gasteiger partial charge in [-0.1, -0.05) is 30.7 Å². The lowest BCUT2D eigenvalue weighted by atomic mass is 10.1. The Morgan fingerprint density at radius 1 is 1.30 bits per heavy atom. The Kier molecular flexibility index (Phi) is 4.64. The van der Waals surface area contributed by atoms with Crippen molar-refractivity contribution in [2.45, 2.75) is 39.7 Å². The fourth-order valence-corrected chi connectivity index (χ4v) is 4.44. The second-order valence-electron chi connectivity index (χ2n) is 7.63. The van der Waals surface area contributed by atoms with Crippen LogP contribution in [0, 0.1) is 19.8 Å². The fraction of sp³-hybridized carbons (Fsp3) is 0.364. The number of carbonyl (C=O) groups excluding carboxylic acids is 1. The van der Waals surface area contributed by atoms with Crippen molar-refractivity contribution < 1.29 is 9.21 Å². The lowest BCUT2D eigenvalue weighted by Crippen LogP contribution is -2.25. The zero-order chi connectivity index (χ0) is 19.1. The third-order valence-electron chi connectivity index (χ3n) is 5.23. The molecule has 2 aromatic heterocycles. The van der Waals surface area contributed by atoms with Crippen LogP contribution in [0.3, 0.4) is 0 Å². The number of aromatic nitrogens is 1. The van der Waals surface area contributed by atoms with Crippen molar-refractivity contribution in [3.05, 3.63) is 64.1 Å². The van der Waals surface area contributed by atoms with Gasteiger partial charge in [-0.2, -0.15) is 0 Å². The van der Waals surface area contributed by atoms with Crippen molar-refractivity contribution in [3.63, 3.8) is 0 Å². The quantitative estimate of drug-likeness (QED) is 0.594. The van der Waals surface area contributed by atoms with Crippen LogP contribution in [-0.4, -0.2) is 22.8 Å². The number of thiazole rings is 1. The van der Waals surface area contributed by atoms with Crippen molar-refractivity contribution in [1.29, 1.82) is 0 Å². The van der Waals surface area contributed by atoms with Gasteiger partial charge in [0.1, 0.15) is 21.4 Å². The molecule has 1 aliphatic carbocycles. The molecule has 0 bridgehead atoms. The number of nitrogens with zero attached hydrogens (tertiary/aromatic N) is 2. The van der Waals surface area contributed by atoms with Gasteiger partial charge in [0.25, 0.3) is 5.91 Å². The van der Waals surface area contributed by atoms with Crippen molar-refractivity contribution in [1.82, 2.24) is 9.88 Å². The minimum atomic E-state index is -0.0266. The molecule has 140 valence electrons. The standard InChI is InChI=1S/C22H24N2O2S/c1-13-5-7-17(14(2)9-13)21-23-11-20(27-21)22(25)24(4)12-16-6-8-19(26-16)18-10-15(18)3/h5-9,11,15,18H,10,12H2,1-4H3/t15-,18+/m1/s1. The Bertz CT molecular complexity index is 988. The van der Waals surface area contributed by atoms with E-state index in [4.69, 9.17) is 4.42 Å². The molecule has 1 fully saturated rings. The molecule has 27 heavy (non-hydrogen) atoms. The summed E-state index contributed by atoms with van der Waals surface area (Å²) in [6.45, 7) is 6.86. The molecule has 1 aromatic carbocycles. The maximum absolute atomic E-state index is 12.8. The molecular formula is C22H24N2O2S. The van der Waals surface area contributed by atoms with E-state index in [9.17, 15) is 4.79 Å². The summed E-state index contributed by atoms with van der Waals surface area (Å²) >= 11 is 1.44. The molecule has 0 aliphatic heterocycles. The molecule has 4 rings (SSSR count). The highest BCUT2D eigenvalue weighted by molar-refractivity contribution is 7.16. The van der Waals surface area contributed by atoms with E-state index in [1.54, 1.807) is 18.1 Å². The summed E-state index contributed by atoms with van der Waals surface area (Å²) in [5.74, 6) is 3.12. The maximum Gasteiger partial charge on any atom is 0.265 e. The fourth-order valence-electron chi connectivity index (χ4n) is 3.44. The zero-order valence-corrected chi connectivity index (χ0v) is 17.0. The number of benzene rings is 1. The van der Waals surface area contributed by atoms with Gasteiger partial charge in [-0.25, -0.2) is 4.98 Å². The van der Waals surface area contributed by atoms with Gasteiger partial charge in [-0.15, -0.1) is 11.3 Å². The molecular weight excluding hydrogens is 356 g/mol. The molecule has 1 saturated carbocycles. The van der Waals surface area contributed by atoms with Gasteiger partial charge >= 0.3 is 0 Å². The Hall–Kier alpha value is -2.40. The minimum absolute atomic E-state index is 0.0266. The van der Waals surface area contributed by atoms with E-state index >= 15 is 0 Å². The number of rotatable bonds is 5. The first kappa shape index (κ1) is 18.0. The Balaban J connectivity index is 1.46. The SMILES string of the molecule is Cc1ccc(-c2ncc(C(=O)N(C)Cc3ccc([C@H]4C[C@H]4C)o3)s2)c(C)c1. The van der Waals surface area contributed by atoms with Crippen LogP contribution in [-0.2, 0) is 6.54 Å². The zero-order valence-electron chi connectivity index (χ0n) is 16.2. The second-order valence-corrected chi connectivity index (χ2v) is 8.66. The molecule has 3 aromatic rings. The minimum Gasteiger partial charge on any atom is -0.464 e. The summed E-state index contributed by atoms with van der Waals surface area (Å²) in [5, 5.41) is 0.882. The highest BCUT2D eigenvalue weighted by Gasteiger charge is 2.36. The number of aryl methyl sites for hydroxylation is 2. The van der Waals surface area contributed by atoms with Crippen molar-refractivity contribution >= 4 is 17.2 Å². The van der Waals surface area contributed by atoms with Crippen LogP contribution in [0.15, 0.2) is 40.9 Å². The lowest BCUT2D eigenvalue weighted by molar-refractivity contribution is 0.0779. The number of hydrogen-bond acceptors (Lipinski definition) is 4. The largest absolute Gasteiger partial charge is 0.464 e. The summed E-state index contributed by atoms with van der Waals surface area (Å²) in [7, 11) is 1.81. The number of furan rings is 1. The van der Waals surface area contributed by atoms with Crippen LogP contribution in [0.2, 0.25) is 0 Å². The Morgan fingerprint density at radius 2 is 2.07 bits per heavy atom. The molecule has 0 spiro atoms. The van der Waals surface area contributed by atoms with E-state index in [2.05, 4.69) is 44.0 Å². The third kappa shape index (κ3) is 3.69.